The quantitative estimate of drug-likeness (QED) is 0.600. The first-order valence-corrected chi connectivity index (χ1v) is 10.3. The average Bonchev–Trinajstić information content (AvgIpc) is 3.14. The molecule has 5 nitrogen and oxygen atoms in total. The molecule has 0 fully saturated rings. The summed E-state index contributed by atoms with van der Waals surface area (Å²) in [5.41, 5.74) is 2.84. The van der Waals surface area contributed by atoms with Crippen LogP contribution in [-0.4, -0.2) is 13.6 Å². The van der Waals surface area contributed by atoms with Gasteiger partial charge in [0, 0.05) is 11.6 Å². The molecule has 1 heterocycles. The maximum absolute atomic E-state index is 13.0. The summed E-state index contributed by atoms with van der Waals surface area (Å²) in [6.07, 6.45) is -4.25. The van der Waals surface area contributed by atoms with E-state index in [4.69, 9.17) is 0 Å². The highest BCUT2D eigenvalue weighted by Gasteiger charge is 2.36. The van der Waals surface area contributed by atoms with Crippen LogP contribution in [0.4, 0.5) is 18.9 Å². The number of hydrogen-bond acceptors (Lipinski definition) is 4. The van der Waals surface area contributed by atoms with Gasteiger partial charge in [0.15, 0.2) is 0 Å². The molecule has 2 aromatic carbocycles. The minimum atomic E-state index is -4.67. The van der Waals surface area contributed by atoms with Crippen LogP contribution >= 0.6 is 0 Å². The first-order valence-electron chi connectivity index (χ1n) is 8.78. The molecule has 0 saturated heterocycles. The predicted octanol–water partition coefficient (Wildman–Crippen LogP) is 5.34. The van der Waals surface area contributed by atoms with E-state index < -0.39 is 22.0 Å². The fourth-order valence-electron chi connectivity index (χ4n) is 2.93. The van der Waals surface area contributed by atoms with E-state index in [1.165, 1.54) is 12.1 Å². The zero-order chi connectivity index (χ0) is 21.4. The maximum Gasteiger partial charge on any atom is 0.452 e. The van der Waals surface area contributed by atoms with Gasteiger partial charge in [-0.2, -0.15) is 13.2 Å². The van der Waals surface area contributed by atoms with Gasteiger partial charge in [0.05, 0.1) is 10.6 Å². The smallest absolute Gasteiger partial charge is 0.351 e. The third-order valence-corrected chi connectivity index (χ3v) is 5.90. The molecule has 0 saturated carbocycles. The van der Waals surface area contributed by atoms with E-state index in [0.29, 0.717) is 17.7 Å². The summed E-state index contributed by atoms with van der Waals surface area (Å²) < 4.78 is 71.3. The summed E-state index contributed by atoms with van der Waals surface area (Å²) >= 11 is 0. The maximum atomic E-state index is 13.0. The van der Waals surface area contributed by atoms with Gasteiger partial charge < -0.3 is 4.52 Å². The van der Waals surface area contributed by atoms with Gasteiger partial charge in [0.25, 0.3) is 10.0 Å². The molecule has 0 atom stereocenters. The van der Waals surface area contributed by atoms with E-state index in [-0.39, 0.29) is 16.2 Å². The normalized spacial score (nSPS) is 12.2. The largest absolute Gasteiger partial charge is 0.452 e. The van der Waals surface area contributed by atoms with Crippen molar-refractivity contribution in [1.82, 2.24) is 5.16 Å². The van der Waals surface area contributed by atoms with Crippen molar-refractivity contribution in [2.24, 2.45) is 0 Å². The molecule has 0 radical (unpaired) electrons. The van der Waals surface area contributed by atoms with Crippen LogP contribution in [0, 0.1) is 13.8 Å². The van der Waals surface area contributed by atoms with E-state index in [0.717, 1.165) is 17.2 Å². The van der Waals surface area contributed by atoms with Crippen molar-refractivity contribution < 1.29 is 26.1 Å². The summed E-state index contributed by atoms with van der Waals surface area (Å²) in [5.74, 6) is -1.25. The molecule has 29 heavy (non-hydrogen) atoms. The highest BCUT2D eigenvalue weighted by Crippen LogP contribution is 2.33. The molecule has 0 bridgehead atoms. The van der Waals surface area contributed by atoms with Gasteiger partial charge in [-0.05, 0) is 43.5 Å². The topological polar surface area (TPSA) is 72.2 Å². The summed E-state index contributed by atoms with van der Waals surface area (Å²) in [6.45, 7) is 5.48. The summed E-state index contributed by atoms with van der Waals surface area (Å²) in [6, 6.07) is 10.4. The first-order chi connectivity index (χ1) is 13.5. The van der Waals surface area contributed by atoms with Gasteiger partial charge in [-0.1, -0.05) is 41.9 Å². The first kappa shape index (κ1) is 20.9. The second kappa shape index (κ2) is 7.55. The van der Waals surface area contributed by atoms with Gasteiger partial charge in [-0.15, -0.1) is 0 Å². The van der Waals surface area contributed by atoms with Crippen molar-refractivity contribution in [3.05, 3.63) is 64.9 Å². The zero-order valence-corrected chi connectivity index (χ0v) is 16.8. The Morgan fingerprint density at radius 3 is 2.38 bits per heavy atom. The van der Waals surface area contributed by atoms with Crippen LogP contribution in [-0.2, 0) is 22.6 Å². The van der Waals surface area contributed by atoms with Crippen LogP contribution in [0.15, 0.2) is 51.9 Å². The van der Waals surface area contributed by atoms with Gasteiger partial charge in [0.1, 0.15) is 5.69 Å². The molecule has 0 unspecified atom stereocenters. The Morgan fingerprint density at radius 2 is 1.79 bits per heavy atom. The number of sulfonamides is 1. The van der Waals surface area contributed by atoms with E-state index >= 15 is 0 Å². The summed E-state index contributed by atoms with van der Waals surface area (Å²) in [4.78, 5) is -0.0194. The Kier molecular flexibility index (Phi) is 5.44. The SMILES string of the molecule is CCc1ccc(-c2cc(C(F)(F)F)on2)cc1S(=O)(=O)Nc1ccc(C)cc1C. The number of hydrogen-bond donors (Lipinski definition) is 1. The number of benzene rings is 2. The lowest BCUT2D eigenvalue weighted by Gasteiger charge is -2.14. The lowest BCUT2D eigenvalue weighted by molar-refractivity contribution is -0.155. The van der Waals surface area contributed by atoms with Crippen LogP contribution in [0.2, 0.25) is 0 Å². The molecule has 1 aromatic heterocycles. The van der Waals surface area contributed by atoms with Crippen molar-refractivity contribution in [1.29, 1.82) is 0 Å². The minimum absolute atomic E-state index is 0.0194. The van der Waals surface area contributed by atoms with Crippen LogP contribution in [0.25, 0.3) is 11.3 Å². The van der Waals surface area contributed by atoms with Crippen molar-refractivity contribution in [3.63, 3.8) is 0 Å². The van der Waals surface area contributed by atoms with Crippen molar-refractivity contribution in [2.45, 2.75) is 38.3 Å². The molecule has 9 heteroatoms. The number of anilines is 1. The Hall–Kier alpha value is -2.81. The molecule has 1 N–H and O–H groups in total. The van der Waals surface area contributed by atoms with Crippen LogP contribution < -0.4 is 4.72 Å². The molecule has 0 amide bonds. The van der Waals surface area contributed by atoms with Gasteiger partial charge in [0.2, 0.25) is 5.76 Å². The number of aromatic nitrogens is 1. The standard InChI is InChI=1S/C20H19F3N2O3S/c1-4-14-6-7-15(17-11-19(28-24-17)20(21,22)23)10-18(14)29(26,27)25-16-8-5-12(2)9-13(16)3/h5-11,25H,4H2,1-3H3. The highest BCUT2D eigenvalue weighted by atomic mass is 32.2. The van der Waals surface area contributed by atoms with E-state index in [9.17, 15) is 21.6 Å². The zero-order valence-electron chi connectivity index (χ0n) is 16.0. The third-order valence-electron chi connectivity index (χ3n) is 4.45. The molecule has 0 aliphatic heterocycles. The van der Waals surface area contributed by atoms with Crippen molar-refractivity contribution >= 4 is 15.7 Å². The molecule has 0 spiro atoms. The van der Waals surface area contributed by atoms with E-state index in [2.05, 4.69) is 14.4 Å². The van der Waals surface area contributed by atoms with E-state index in [1.54, 1.807) is 32.0 Å². The molecule has 3 rings (SSSR count). The fraction of sp³-hybridized carbons (Fsp3) is 0.250. The van der Waals surface area contributed by atoms with E-state index in [1.807, 2.05) is 13.0 Å². The summed E-state index contributed by atoms with van der Waals surface area (Å²) in [7, 11) is -3.97. The molecule has 3 aromatic rings. The van der Waals surface area contributed by atoms with Gasteiger partial charge in [-0.25, -0.2) is 8.42 Å². The number of aryl methyl sites for hydroxylation is 3. The minimum Gasteiger partial charge on any atom is -0.351 e. The van der Waals surface area contributed by atoms with Crippen LogP contribution in [0.1, 0.15) is 29.4 Å². The van der Waals surface area contributed by atoms with Crippen molar-refractivity contribution in [3.8, 4) is 11.3 Å². The molecule has 0 aliphatic rings. The number of rotatable bonds is 5. The highest BCUT2D eigenvalue weighted by molar-refractivity contribution is 7.92. The Bertz CT molecular complexity index is 1150. The van der Waals surface area contributed by atoms with Crippen molar-refractivity contribution in [2.75, 3.05) is 4.72 Å². The second-order valence-electron chi connectivity index (χ2n) is 6.67. The third kappa shape index (κ3) is 4.45. The fourth-order valence-corrected chi connectivity index (χ4v) is 4.40. The van der Waals surface area contributed by atoms with Gasteiger partial charge in [-0.3, -0.25) is 4.72 Å². The molecular weight excluding hydrogens is 405 g/mol. The Balaban J connectivity index is 2.03. The lowest BCUT2D eigenvalue weighted by Crippen LogP contribution is -2.16. The molecule has 0 aliphatic carbocycles. The second-order valence-corrected chi connectivity index (χ2v) is 8.32. The molecular formula is C20H19F3N2O3S. The monoisotopic (exact) mass is 424 g/mol. The summed E-state index contributed by atoms with van der Waals surface area (Å²) in [5, 5.41) is 3.43. The van der Waals surface area contributed by atoms with Crippen LogP contribution in [0.5, 0.6) is 0 Å². The average molecular weight is 424 g/mol. The number of halogens is 3. The predicted molar refractivity (Wildman–Crippen MR) is 103 cm³/mol. The number of nitrogens with one attached hydrogen (secondary N) is 1. The number of nitrogens with zero attached hydrogens (tertiary/aromatic N) is 1. The van der Waals surface area contributed by atoms with Gasteiger partial charge >= 0.3 is 6.18 Å². The Morgan fingerprint density at radius 1 is 1.07 bits per heavy atom. The van der Waals surface area contributed by atoms with Crippen LogP contribution in [0.3, 0.4) is 0 Å². The number of alkyl halides is 3. The lowest BCUT2D eigenvalue weighted by atomic mass is 10.1. The molecule has 154 valence electrons. The Labute approximate surface area is 166 Å².